The molecule has 8 heteroatoms. The Morgan fingerprint density at radius 1 is 1.44 bits per heavy atom. The van der Waals surface area contributed by atoms with Gasteiger partial charge >= 0.3 is 11.7 Å². The first-order valence-corrected chi connectivity index (χ1v) is 5.77. The number of carboxylic acid groups (broad SMARTS) is 1. The van der Waals surface area contributed by atoms with E-state index in [-0.39, 0.29) is 16.3 Å². The van der Waals surface area contributed by atoms with E-state index in [2.05, 4.69) is 15.3 Å². The molecule has 0 bridgehead atoms. The van der Waals surface area contributed by atoms with Crippen LogP contribution in [0.4, 0.5) is 5.69 Å². The molecule has 2 aromatic heterocycles. The van der Waals surface area contributed by atoms with Gasteiger partial charge in [-0.3, -0.25) is 4.79 Å². The predicted molar refractivity (Wildman–Crippen MR) is 65.4 cm³/mol. The number of aromatic nitrogens is 2. The number of H-pyrrole nitrogens is 2. The number of amides is 1. The zero-order valence-corrected chi connectivity index (χ0v) is 10.1. The topological polar surface area (TPSA) is 115 Å². The van der Waals surface area contributed by atoms with Crippen molar-refractivity contribution >= 4 is 28.9 Å². The van der Waals surface area contributed by atoms with Crippen LogP contribution in [-0.4, -0.2) is 27.0 Å². The van der Waals surface area contributed by atoms with Crippen molar-refractivity contribution in [2.24, 2.45) is 0 Å². The third kappa shape index (κ3) is 2.18. The summed E-state index contributed by atoms with van der Waals surface area (Å²) in [5, 5.41) is 13.1. The summed E-state index contributed by atoms with van der Waals surface area (Å²) in [4.78, 5) is 38.2. The van der Waals surface area contributed by atoms with E-state index in [1.807, 2.05) is 0 Å². The minimum atomic E-state index is -1.11. The van der Waals surface area contributed by atoms with E-state index < -0.39 is 17.6 Å². The van der Waals surface area contributed by atoms with Crippen molar-refractivity contribution in [2.45, 2.75) is 6.92 Å². The van der Waals surface area contributed by atoms with Crippen LogP contribution in [0, 0.1) is 6.92 Å². The molecule has 18 heavy (non-hydrogen) atoms. The van der Waals surface area contributed by atoms with Gasteiger partial charge in [-0.15, -0.1) is 11.3 Å². The van der Waals surface area contributed by atoms with Crippen LogP contribution in [0.2, 0.25) is 0 Å². The zero-order valence-electron chi connectivity index (χ0n) is 9.23. The van der Waals surface area contributed by atoms with Crippen LogP contribution < -0.4 is 11.0 Å². The number of hydrogen-bond donors (Lipinski definition) is 4. The first kappa shape index (κ1) is 12.1. The van der Waals surface area contributed by atoms with Gasteiger partial charge in [0.1, 0.15) is 10.6 Å². The summed E-state index contributed by atoms with van der Waals surface area (Å²) in [6, 6.07) is 0. The molecule has 0 aliphatic carbocycles. The van der Waals surface area contributed by atoms with Gasteiger partial charge < -0.3 is 20.4 Å². The highest BCUT2D eigenvalue weighted by Crippen LogP contribution is 2.27. The fourth-order valence-corrected chi connectivity index (χ4v) is 2.24. The standard InChI is InChI=1S/C10H9N3O4S/c1-4-3-18-7(9(15)16)6(4)13-8(14)5-2-11-10(17)12-5/h2-3H,1H3,(H,13,14)(H,15,16)(H2,11,12,17). The number of carbonyl (C=O) groups is 2. The minimum Gasteiger partial charge on any atom is -0.477 e. The molecule has 1 amide bonds. The van der Waals surface area contributed by atoms with Crippen LogP contribution in [0.15, 0.2) is 16.4 Å². The van der Waals surface area contributed by atoms with E-state index in [9.17, 15) is 14.4 Å². The number of hydrogen-bond acceptors (Lipinski definition) is 4. The smallest absolute Gasteiger partial charge is 0.348 e. The highest BCUT2D eigenvalue weighted by Gasteiger charge is 2.18. The third-order valence-corrected chi connectivity index (χ3v) is 3.33. The molecule has 0 aliphatic rings. The van der Waals surface area contributed by atoms with Crippen molar-refractivity contribution in [3.05, 3.63) is 38.2 Å². The Balaban J connectivity index is 2.29. The number of carbonyl (C=O) groups excluding carboxylic acids is 1. The average Bonchev–Trinajstić information content (AvgIpc) is 2.87. The Bertz CT molecular complexity index is 667. The molecule has 2 heterocycles. The Kier molecular flexibility index (Phi) is 3.02. The number of rotatable bonds is 3. The van der Waals surface area contributed by atoms with Crippen LogP contribution in [0.25, 0.3) is 0 Å². The van der Waals surface area contributed by atoms with Crippen LogP contribution in [-0.2, 0) is 0 Å². The highest BCUT2D eigenvalue weighted by atomic mass is 32.1. The Morgan fingerprint density at radius 3 is 2.72 bits per heavy atom. The molecular formula is C10H9N3O4S. The van der Waals surface area contributed by atoms with Crippen molar-refractivity contribution in [1.82, 2.24) is 9.97 Å². The SMILES string of the molecule is Cc1csc(C(=O)O)c1NC(=O)c1c[nH]c(=O)[nH]1. The molecule has 0 fully saturated rings. The number of imidazole rings is 1. The van der Waals surface area contributed by atoms with E-state index in [0.717, 1.165) is 11.3 Å². The maximum absolute atomic E-state index is 11.8. The van der Waals surface area contributed by atoms with Gasteiger partial charge in [-0.25, -0.2) is 9.59 Å². The monoisotopic (exact) mass is 267 g/mol. The second-order valence-corrected chi connectivity index (χ2v) is 4.42. The van der Waals surface area contributed by atoms with E-state index in [1.54, 1.807) is 12.3 Å². The van der Waals surface area contributed by atoms with Crippen LogP contribution in [0.3, 0.4) is 0 Å². The summed E-state index contributed by atoms with van der Waals surface area (Å²) in [7, 11) is 0. The fourth-order valence-electron chi connectivity index (χ4n) is 1.39. The maximum Gasteiger partial charge on any atom is 0.348 e. The van der Waals surface area contributed by atoms with Gasteiger partial charge in [0.25, 0.3) is 5.91 Å². The molecule has 94 valence electrons. The summed E-state index contributed by atoms with van der Waals surface area (Å²) in [5.74, 6) is -1.68. The Hall–Kier alpha value is -2.35. The van der Waals surface area contributed by atoms with Gasteiger partial charge in [-0.05, 0) is 17.9 Å². The quantitative estimate of drug-likeness (QED) is 0.664. The molecule has 7 nitrogen and oxygen atoms in total. The second-order valence-electron chi connectivity index (χ2n) is 3.54. The summed E-state index contributed by atoms with van der Waals surface area (Å²) in [6.45, 7) is 1.69. The van der Waals surface area contributed by atoms with Gasteiger partial charge in [0.15, 0.2) is 0 Å². The predicted octanol–water partition coefficient (Wildman–Crippen LogP) is 1.02. The first-order chi connectivity index (χ1) is 8.49. The number of carboxylic acids is 1. The van der Waals surface area contributed by atoms with Gasteiger partial charge in [0.2, 0.25) is 0 Å². The molecule has 0 saturated heterocycles. The fraction of sp³-hybridized carbons (Fsp3) is 0.100. The normalized spacial score (nSPS) is 10.3. The molecular weight excluding hydrogens is 258 g/mol. The summed E-state index contributed by atoms with van der Waals surface area (Å²) in [6.07, 6.45) is 1.22. The lowest BCUT2D eigenvalue weighted by Gasteiger charge is -2.04. The molecule has 0 saturated carbocycles. The summed E-state index contributed by atoms with van der Waals surface area (Å²) < 4.78 is 0. The number of aromatic carboxylic acids is 1. The van der Waals surface area contributed by atoms with Crippen molar-refractivity contribution in [1.29, 1.82) is 0 Å². The van der Waals surface area contributed by atoms with Crippen LogP contribution in [0.1, 0.15) is 25.7 Å². The summed E-state index contributed by atoms with van der Waals surface area (Å²) >= 11 is 1.03. The average molecular weight is 267 g/mol. The molecule has 2 aromatic rings. The maximum atomic E-state index is 11.8. The molecule has 0 atom stereocenters. The van der Waals surface area contributed by atoms with E-state index in [1.165, 1.54) is 6.20 Å². The lowest BCUT2D eigenvalue weighted by Crippen LogP contribution is -2.15. The van der Waals surface area contributed by atoms with E-state index >= 15 is 0 Å². The molecule has 0 aromatic carbocycles. The Morgan fingerprint density at radius 2 is 2.17 bits per heavy atom. The van der Waals surface area contributed by atoms with Gasteiger partial charge in [-0.2, -0.15) is 0 Å². The van der Waals surface area contributed by atoms with E-state index in [0.29, 0.717) is 5.56 Å². The summed E-state index contributed by atoms with van der Waals surface area (Å²) in [5.41, 5.74) is 0.450. The molecule has 0 radical (unpaired) electrons. The Labute approximate surface area is 104 Å². The first-order valence-electron chi connectivity index (χ1n) is 4.89. The van der Waals surface area contributed by atoms with Crippen LogP contribution in [0.5, 0.6) is 0 Å². The molecule has 4 N–H and O–H groups in total. The highest BCUT2D eigenvalue weighted by molar-refractivity contribution is 7.12. The molecule has 0 unspecified atom stereocenters. The number of thiophene rings is 1. The molecule has 0 aliphatic heterocycles. The van der Waals surface area contributed by atoms with Gasteiger partial charge in [0.05, 0.1) is 5.69 Å². The van der Waals surface area contributed by atoms with Crippen molar-refractivity contribution in [2.75, 3.05) is 5.32 Å². The lowest BCUT2D eigenvalue weighted by atomic mass is 10.2. The van der Waals surface area contributed by atoms with Gasteiger partial charge in [-0.1, -0.05) is 0 Å². The minimum absolute atomic E-state index is 0.0435. The second kappa shape index (κ2) is 4.49. The van der Waals surface area contributed by atoms with Crippen molar-refractivity contribution < 1.29 is 14.7 Å². The third-order valence-electron chi connectivity index (χ3n) is 2.25. The molecule has 0 spiro atoms. The number of anilines is 1. The van der Waals surface area contributed by atoms with Gasteiger partial charge in [0, 0.05) is 6.20 Å². The van der Waals surface area contributed by atoms with Crippen LogP contribution >= 0.6 is 11.3 Å². The number of nitrogens with one attached hydrogen (secondary N) is 3. The lowest BCUT2D eigenvalue weighted by molar-refractivity contribution is 0.0703. The molecule has 2 rings (SSSR count). The number of aryl methyl sites for hydroxylation is 1. The van der Waals surface area contributed by atoms with Crippen molar-refractivity contribution in [3.8, 4) is 0 Å². The van der Waals surface area contributed by atoms with Crippen molar-refractivity contribution in [3.63, 3.8) is 0 Å². The number of aromatic amines is 2. The largest absolute Gasteiger partial charge is 0.477 e. The zero-order chi connectivity index (χ0) is 13.3. The van der Waals surface area contributed by atoms with E-state index in [4.69, 9.17) is 5.11 Å².